The molecule has 70 valence electrons. The maximum Gasteiger partial charge on any atom is 0.142 e. The second-order valence-electron chi connectivity index (χ2n) is 3.09. The molecule has 0 fully saturated rings. The second-order valence-corrected chi connectivity index (χ2v) is 3.09. The van der Waals surface area contributed by atoms with Crippen LogP contribution in [0.5, 0.6) is 0 Å². The quantitative estimate of drug-likeness (QED) is 0.568. The van der Waals surface area contributed by atoms with Gasteiger partial charge in [0.05, 0.1) is 19.1 Å². The summed E-state index contributed by atoms with van der Waals surface area (Å²) < 4.78 is 5.16. The summed E-state index contributed by atoms with van der Waals surface area (Å²) in [6.07, 6.45) is 0.536. The van der Waals surface area contributed by atoms with Crippen LogP contribution in [0, 0.1) is 0 Å². The largest absolute Gasteiger partial charge is 0.378 e. The summed E-state index contributed by atoms with van der Waals surface area (Å²) >= 11 is 0. The molecule has 0 N–H and O–H groups in total. The van der Waals surface area contributed by atoms with Crippen LogP contribution in [0.1, 0.15) is 33.6 Å². The minimum Gasteiger partial charge on any atom is -0.378 e. The van der Waals surface area contributed by atoms with Crippen LogP contribution in [-0.4, -0.2) is 24.3 Å². The van der Waals surface area contributed by atoms with E-state index in [0.717, 1.165) is 0 Å². The SMILES string of the molecule is CC(=O)CC(=O)CCOC(C)C. The molecule has 0 aromatic heterocycles. The highest BCUT2D eigenvalue weighted by Gasteiger charge is 2.05. The number of hydrogen-bond acceptors (Lipinski definition) is 3. The van der Waals surface area contributed by atoms with Gasteiger partial charge in [0.15, 0.2) is 0 Å². The molecule has 0 aliphatic rings. The summed E-state index contributed by atoms with van der Waals surface area (Å²) in [7, 11) is 0. The zero-order valence-electron chi connectivity index (χ0n) is 7.92. The number of rotatable bonds is 6. The maximum absolute atomic E-state index is 10.9. The number of ketones is 2. The highest BCUT2D eigenvalue weighted by molar-refractivity contribution is 5.97. The van der Waals surface area contributed by atoms with Crippen LogP contribution in [0.3, 0.4) is 0 Å². The summed E-state index contributed by atoms with van der Waals surface area (Å²) in [6, 6.07) is 0. The van der Waals surface area contributed by atoms with Gasteiger partial charge >= 0.3 is 0 Å². The molecule has 0 bridgehead atoms. The predicted octanol–water partition coefficient (Wildman–Crippen LogP) is 1.35. The Balaban J connectivity index is 3.38. The zero-order valence-corrected chi connectivity index (χ0v) is 7.92. The number of ether oxygens (including phenoxy) is 1. The van der Waals surface area contributed by atoms with Crippen molar-refractivity contribution in [2.75, 3.05) is 6.61 Å². The summed E-state index contributed by atoms with van der Waals surface area (Å²) in [5.41, 5.74) is 0. The molecule has 0 unspecified atom stereocenters. The minimum atomic E-state index is -0.0791. The van der Waals surface area contributed by atoms with Crippen molar-refractivity contribution in [3.05, 3.63) is 0 Å². The van der Waals surface area contributed by atoms with Gasteiger partial charge in [0.1, 0.15) is 11.6 Å². The molecule has 0 aromatic carbocycles. The first-order chi connectivity index (χ1) is 5.52. The zero-order chi connectivity index (χ0) is 9.56. The lowest BCUT2D eigenvalue weighted by atomic mass is 10.2. The van der Waals surface area contributed by atoms with E-state index in [1.807, 2.05) is 13.8 Å². The summed E-state index contributed by atoms with van der Waals surface area (Å²) in [5.74, 6) is -0.118. The van der Waals surface area contributed by atoms with Crippen molar-refractivity contribution in [1.29, 1.82) is 0 Å². The van der Waals surface area contributed by atoms with Gasteiger partial charge in [0.2, 0.25) is 0 Å². The molecule has 0 amide bonds. The number of Topliss-reactive ketones (excluding diaryl/α,β-unsaturated/α-hetero) is 2. The number of carbonyl (C=O) groups is 2. The molecule has 0 spiro atoms. The van der Waals surface area contributed by atoms with Crippen molar-refractivity contribution in [3.63, 3.8) is 0 Å². The first kappa shape index (κ1) is 11.3. The first-order valence-electron chi connectivity index (χ1n) is 4.15. The van der Waals surface area contributed by atoms with Crippen molar-refractivity contribution in [1.82, 2.24) is 0 Å². The van der Waals surface area contributed by atoms with Gasteiger partial charge < -0.3 is 4.74 Å². The van der Waals surface area contributed by atoms with E-state index < -0.39 is 0 Å². The second kappa shape index (κ2) is 5.89. The lowest BCUT2D eigenvalue weighted by Gasteiger charge is -2.05. The van der Waals surface area contributed by atoms with E-state index >= 15 is 0 Å². The molecule has 0 radical (unpaired) electrons. The van der Waals surface area contributed by atoms with Gasteiger partial charge in [-0.25, -0.2) is 0 Å². The van der Waals surface area contributed by atoms with E-state index in [1.165, 1.54) is 6.92 Å². The third kappa shape index (κ3) is 7.41. The fraction of sp³-hybridized carbons (Fsp3) is 0.778. The van der Waals surface area contributed by atoms with E-state index in [2.05, 4.69) is 0 Å². The Morgan fingerprint density at radius 1 is 1.33 bits per heavy atom. The Bertz CT molecular complexity index is 161. The Hall–Kier alpha value is -0.700. The van der Waals surface area contributed by atoms with Gasteiger partial charge in [-0.05, 0) is 20.8 Å². The molecule has 0 heterocycles. The fourth-order valence-corrected chi connectivity index (χ4v) is 0.775. The van der Waals surface area contributed by atoms with Crippen LogP contribution >= 0.6 is 0 Å². The molecule has 0 aliphatic heterocycles. The van der Waals surface area contributed by atoms with E-state index in [0.29, 0.717) is 13.0 Å². The lowest BCUT2D eigenvalue weighted by Crippen LogP contribution is -2.10. The molecule has 12 heavy (non-hydrogen) atoms. The summed E-state index contributed by atoms with van der Waals surface area (Å²) in [5, 5.41) is 0. The highest BCUT2D eigenvalue weighted by Crippen LogP contribution is 1.95. The average molecular weight is 172 g/mol. The molecular weight excluding hydrogens is 156 g/mol. The van der Waals surface area contributed by atoms with Gasteiger partial charge in [0.25, 0.3) is 0 Å². The Kier molecular flexibility index (Phi) is 5.54. The first-order valence-corrected chi connectivity index (χ1v) is 4.15. The standard InChI is InChI=1S/C9H16O3/c1-7(2)12-5-4-9(11)6-8(3)10/h7H,4-6H2,1-3H3. The molecule has 0 aromatic rings. The summed E-state index contributed by atoms with van der Waals surface area (Å²) in [6.45, 7) is 5.66. The molecular formula is C9H16O3. The van der Waals surface area contributed by atoms with Crippen molar-refractivity contribution in [3.8, 4) is 0 Å². The smallest absolute Gasteiger partial charge is 0.142 e. The van der Waals surface area contributed by atoms with Crippen molar-refractivity contribution >= 4 is 11.6 Å². The maximum atomic E-state index is 10.9. The molecule has 3 heteroatoms. The van der Waals surface area contributed by atoms with Crippen LogP contribution in [0.15, 0.2) is 0 Å². The Morgan fingerprint density at radius 3 is 2.33 bits per heavy atom. The van der Waals surface area contributed by atoms with Gasteiger partial charge in [-0.15, -0.1) is 0 Å². The van der Waals surface area contributed by atoms with Crippen LogP contribution in [0.4, 0.5) is 0 Å². The monoisotopic (exact) mass is 172 g/mol. The third-order valence-corrected chi connectivity index (χ3v) is 1.28. The molecule has 3 nitrogen and oxygen atoms in total. The molecule has 0 saturated heterocycles. The van der Waals surface area contributed by atoms with Crippen LogP contribution in [-0.2, 0) is 14.3 Å². The average Bonchev–Trinajstić information content (AvgIpc) is 1.84. The van der Waals surface area contributed by atoms with Gasteiger partial charge in [-0.2, -0.15) is 0 Å². The molecule has 0 atom stereocenters. The predicted molar refractivity (Wildman–Crippen MR) is 46.0 cm³/mol. The van der Waals surface area contributed by atoms with Crippen LogP contribution in [0.25, 0.3) is 0 Å². The molecule has 0 saturated carbocycles. The number of carbonyl (C=O) groups excluding carboxylic acids is 2. The van der Waals surface area contributed by atoms with E-state index in [4.69, 9.17) is 4.74 Å². The molecule has 0 rings (SSSR count). The topological polar surface area (TPSA) is 43.4 Å². The molecule has 0 aliphatic carbocycles. The highest BCUT2D eigenvalue weighted by atomic mass is 16.5. The van der Waals surface area contributed by atoms with Crippen molar-refractivity contribution < 1.29 is 14.3 Å². The lowest BCUT2D eigenvalue weighted by molar-refractivity contribution is -0.126. The van der Waals surface area contributed by atoms with E-state index in [-0.39, 0.29) is 24.1 Å². The van der Waals surface area contributed by atoms with Gasteiger partial charge in [-0.1, -0.05) is 0 Å². The van der Waals surface area contributed by atoms with Crippen molar-refractivity contribution in [2.45, 2.75) is 39.7 Å². The van der Waals surface area contributed by atoms with Gasteiger partial charge in [-0.3, -0.25) is 9.59 Å². The Morgan fingerprint density at radius 2 is 1.92 bits per heavy atom. The van der Waals surface area contributed by atoms with Crippen molar-refractivity contribution in [2.24, 2.45) is 0 Å². The van der Waals surface area contributed by atoms with Gasteiger partial charge in [0, 0.05) is 6.42 Å². The van der Waals surface area contributed by atoms with E-state index in [9.17, 15) is 9.59 Å². The fourth-order valence-electron chi connectivity index (χ4n) is 0.775. The summed E-state index contributed by atoms with van der Waals surface area (Å²) in [4.78, 5) is 21.4. The third-order valence-electron chi connectivity index (χ3n) is 1.28. The number of hydrogen-bond donors (Lipinski definition) is 0. The van der Waals surface area contributed by atoms with Crippen LogP contribution < -0.4 is 0 Å². The van der Waals surface area contributed by atoms with E-state index in [1.54, 1.807) is 0 Å². The minimum absolute atomic E-state index is 0.0387. The normalized spacial score (nSPS) is 10.3. The Labute approximate surface area is 73.1 Å². The van der Waals surface area contributed by atoms with Crippen LogP contribution in [0.2, 0.25) is 0 Å².